The average Bonchev–Trinajstić information content (AvgIpc) is 2.34. The maximum atomic E-state index is 12.0. The Hall–Kier alpha value is -1.35. The molecule has 2 rings (SSSR count). The minimum Gasteiger partial charge on any atom is -0.381 e. The molecule has 0 radical (unpaired) electrons. The van der Waals surface area contributed by atoms with Gasteiger partial charge in [0.15, 0.2) is 0 Å². The van der Waals surface area contributed by atoms with Crippen molar-refractivity contribution in [3.8, 4) is 0 Å². The van der Waals surface area contributed by atoms with Crippen LogP contribution in [0.4, 0.5) is 0 Å². The molecular formula is C14H19NO2. The van der Waals surface area contributed by atoms with Crippen LogP contribution in [-0.2, 0) is 4.74 Å². The normalized spacial score (nSPS) is 26.1. The molecule has 2 unspecified atom stereocenters. The molecule has 1 aromatic carbocycles. The Morgan fingerprint density at radius 2 is 2.00 bits per heavy atom. The number of carbonyl (C=O) groups excluding carboxylic acids is 1. The summed E-state index contributed by atoms with van der Waals surface area (Å²) in [6.45, 7) is 4.25. The molecule has 1 aromatic rings. The summed E-state index contributed by atoms with van der Waals surface area (Å²) in [4.78, 5) is 12.0. The standard InChI is InChI=1S/C14H19NO2/c1-14(2)11(9-12(14)17-3)15-13(16)10-7-5-4-6-8-10/h4-8,11-12H,9H2,1-3H3,(H,15,16). The molecule has 1 aliphatic rings. The van der Waals surface area contributed by atoms with E-state index in [1.807, 2.05) is 30.3 Å². The van der Waals surface area contributed by atoms with E-state index in [9.17, 15) is 4.79 Å². The van der Waals surface area contributed by atoms with Crippen LogP contribution >= 0.6 is 0 Å². The highest BCUT2D eigenvalue weighted by Crippen LogP contribution is 2.42. The Kier molecular flexibility index (Phi) is 3.20. The Bertz CT molecular complexity index is 400. The van der Waals surface area contributed by atoms with E-state index < -0.39 is 0 Å². The molecule has 1 saturated carbocycles. The van der Waals surface area contributed by atoms with Crippen molar-refractivity contribution in [2.75, 3.05) is 7.11 Å². The molecule has 3 heteroatoms. The molecule has 3 nitrogen and oxygen atoms in total. The molecule has 92 valence electrons. The molecule has 0 bridgehead atoms. The van der Waals surface area contributed by atoms with Crippen LogP contribution in [0.3, 0.4) is 0 Å². The van der Waals surface area contributed by atoms with Gasteiger partial charge in [-0.2, -0.15) is 0 Å². The van der Waals surface area contributed by atoms with Gasteiger partial charge in [0.1, 0.15) is 0 Å². The summed E-state index contributed by atoms with van der Waals surface area (Å²) < 4.78 is 5.37. The molecule has 17 heavy (non-hydrogen) atoms. The molecule has 1 aliphatic carbocycles. The number of benzene rings is 1. The number of carbonyl (C=O) groups is 1. The van der Waals surface area contributed by atoms with Crippen molar-refractivity contribution in [1.82, 2.24) is 5.32 Å². The maximum Gasteiger partial charge on any atom is 0.251 e. The second kappa shape index (κ2) is 4.49. The molecule has 0 aliphatic heterocycles. The van der Waals surface area contributed by atoms with Crippen LogP contribution < -0.4 is 5.32 Å². The van der Waals surface area contributed by atoms with Crippen LogP contribution in [0.15, 0.2) is 30.3 Å². The lowest BCUT2D eigenvalue weighted by Crippen LogP contribution is -2.61. The fourth-order valence-corrected chi connectivity index (χ4v) is 2.36. The van der Waals surface area contributed by atoms with E-state index in [1.54, 1.807) is 7.11 Å². The lowest BCUT2D eigenvalue weighted by molar-refractivity contribution is -0.0942. The van der Waals surface area contributed by atoms with Gasteiger partial charge in [0.25, 0.3) is 5.91 Å². The first-order chi connectivity index (χ1) is 8.05. The van der Waals surface area contributed by atoms with Crippen LogP contribution in [0.2, 0.25) is 0 Å². The lowest BCUT2D eigenvalue weighted by atomic mass is 9.64. The van der Waals surface area contributed by atoms with Gasteiger partial charge < -0.3 is 10.1 Å². The second-order valence-electron chi connectivity index (χ2n) is 5.17. The fraction of sp³-hybridized carbons (Fsp3) is 0.500. The van der Waals surface area contributed by atoms with Crippen molar-refractivity contribution in [2.24, 2.45) is 5.41 Å². The molecule has 1 fully saturated rings. The van der Waals surface area contributed by atoms with Crippen LogP contribution in [0.25, 0.3) is 0 Å². The highest BCUT2D eigenvalue weighted by Gasteiger charge is 2.49. The van der Waals surface area contributed by atoms with Crippen molar-refractivity contribution in [3.63, 3.8) is 0 Å². The van der Waals surface area contributed by atoms with Crippen molar-refractivity contribution >= 4 is 5.91 Å². The Morgan fingerprint density at radius 1 is 1.35 bits per heavy atom. The summed E-state index contributed by atoms with van der Waals surface area (Å²) in [5, 5.41) is 3.07. The molecule has 0 heterocycles. The third kappa shape index (κ3) is 2.20. The summed E-state index contributed by atoms with van der Waals surface area (Å²) in [6, 6.07) is 9.51. The van der Waals surface area contributed by atoms with Crippen molar-refractivity contribution < 1.29 is 9.53 Å². The number of methoxy groups -OCH3 is 1. The van der Waals surface area contributed by atoms with Gasteiger partial charge in [-0.3, -0.25) is 4.79 Å². The Labute approximate surface area is 102 Å². The first kappa shape index (κ1) is 12.1. The van der Waals surface area contributed by atoms with E-state index in [0.717, 1.165) is 6.42 Å². The van der Waals surface area contributed by atoms with Gasteiger partial charge in [-0.1, -0.05) is 32.0 Å². The quantitative estimate of drug-likeness (QED) is 0.869. The van der Waals surface area contributed by atoms with Gasteiger partial charge in [-0.25, -0.2) is 0 Å². The van der Waals surface area contributed by atoms with Gasteiger partial charge in [0.05, 0.1) is 6.10 Å². The first-order valence-corrected chi connectivity index (χ1v) is 5.94. The van der Waals surface area contributed by atoms with E-state index in [-0.39, 0.29) is 23.5 Å². The van der Waals surface area contributed by atoms with Gasteiger partial charge in [-0.15, -0.1) is 0 Å². The number of rotatable bonds is 3. The van der Waals surface area contributed by atoms with E-state index in [4.69, 9.17) is 4.74 Å². The number of hydrogen-bond donors (Lipinski definition) is 1. The number of amides is 1. The third-order valence-corrected chi connectivity index (χ3v) is 3.80. The zero-order valence-electron chi connectivity index (χ0n) is 10.6. The van der Waals surface area contributed by atoms with Gasteiger partial charge in [-0.05, 0) is 18.6 Å². The third-order valence-electron chi connectivity index (χ3n) is 3.80. The fourth-order valence-electron chi connectivity index (χ4n) is 2.36. The number of hydrogen-bond acceptors (Lipinski definition) is 2. The van der Waals surface area contributed by atoms with Gasteiger partial charge >= 0.3 is 0 Å². The summed E-state index contributed by atoms with van der Waals surface area (Å²) >= 11 is 0. The molecule has 2 atom stereocenters. The van der Waals surface area contributed by atoms with Gasteiger partial charge in [0.2, 0.25) is 0 Å². The summed E-state index contributed by atoms with van der Waals surface area (Å²) in [5.74, 6) is -0.00164. The van der Waals surface area contributed by atoms with Crippen LogP contribution in [0.5, 0.6) is 0 Å². The topological polar surface area (TPSA) is 38.3 Å². The summed E-state index contributed by atoms with van der Waals surface area (Å²) in [7, 11) is 1.72. The molecular weight excluding hydrogens is 214 g/mol. The Balaban J connectivity index is 1.98. The molecule has 0 aromatic heterocycles. The maximum absolute atomic E-state index is 12.0. The average molecular weight is 233 g/mol. The molecule has 1 amide bonds. The minimum atomic E-state index is -0.00164. The number of nitrogens with one attached hydrogen (secondary N) is 1. The predicted molar refractivity (Wildman–Crippen MR) is 66.9 cm³/mol. The summed E-state index contributed by atoms with van der Waals surface area (Å²) in [6.07, 6.45) is 1.13. The van der Waals surface area contributed by atoms with Crippen LogP contribution in [0.1, 0.15) is 30.6 Å². The van der Waals surface area contributed by atoms with Crippen molar-refractivity contribution in [2.45, 2.75) is 32.4 Å². The highest BCUT2D eigenvalue weighted by atomic mass is 16.5. The first-order valence-electron chi connectivity index (χ1n) is 5.94. The molecule has 1 N–H and O–H groups in total. The van der Waals surface area contributed by atoms with E-state index in [2.05, 4.69) is 19.2 Å². The number of ether oxygens (including phenoxy) is 1. The molecule has 0 saturated heterocycles. The van der Waals surface area contributed by atoms with Gasteiger partial charge in [0, 0.05) is 24.1 Å². The van der Waals surface area contributed by atoms with Crippen molar-refractivity contribution in [1.29, 1.82) is 0 Å². The smallest absolute Gasteiger partial charge is 0.251 e. The van der Waals surface area contributed by atoms with Crippen LogP contribution in [0, 0.1) is 5.41 Å². The van der Waals surface area contributed by atoms with E-state index >= 15 is 0 Å². The Morgan fingerprint density at radius 3 is 2.53 bits per heavy atom. The van der Waals surface area contributed by atoms with E-state index in [1.165, 1.54) is 0 Å². The summed E-state index contributed by atoms with van der Waals surface area (Å²) in [5.41, 5.74) is 0.725. The van der Waals surface area contributed by atoms with E-state index in [0.29, 0.717) is 5.56 Å². The lowest BCUT2D eigenvalue weighted by Gasteiger charge is -2.51. The van der Waals surface area contributed by atoms with Crippen molar-refractivity contribution in [3.05, 3.63) is 35.9 Å². The largest absolute Gasteiger partial charge is 0.381 e. The highest BCUT2D eigenvalue weighted by molar-refractivity contribution is 5.94. The zero-order valence-corrected chi connectivity index (χ0v) is 10.6. The monoisotopic (exact) mass is 233 g/mol. The minimum absolute atomic E-state index is 0.00164. The second-order valence-corrected chi connectivity index (χ2v) is 5.17. The zero-order chi connectivity index (χ0) is 12.5. The molecule has 0 spiro atoms. The SMILES string of the molecule is COC1CC(NC(=O)c2ccccc2)C1(C)C. The van der Waals surface area contributed by atoms with Crippen LogP contribution in [-0.4, -0.2) is 25.2 Å². The predicted octanol–water partition coefficient (Wildman–Crippen LogP) is 2.23.